The highest BCUT2D eigenvalue weighted by Crippen LogP contribution is 2.30. The summed E-state index contributed by atoms with van der Waals surface area (Å²) in [7, 11) is 0. The van der Waals surface area contributed by atoms with Crippen LogP contribution in [-0.2, 0) is 0 Å². The Morgan fingerprint density at radius 2 is 0.750 bits per heavy atom. The molecule has 0 saturated carbocycles. The van der Waals surface area contributed by atoms with E-state index >= 15 is 0 Å². The summed E-state index contributed by atoms with van der Waals surface area (Å²) in [4.78, 5) is 0. The maximum absolute atomic E-state index is 2.24. The lowest BCUT2D eigenvalue weighted by Gasteiger charge is -2.07. The van der Waals surface area contributed by atoms with E-state index in [1.54, 1.807) is 0 Å². The molecule has 2 heteroatoms. The van der Waals surface area contributed by atoms with Crippen molar-refractivity contribution in [3.8, 4) is 0 Å². The molecule has 0 aromatic heterocycles. The Balaban J connectivity index is 0.000000735. The number of hydrogen-bond donors (Lipinski definition) is 2. The van der Waals surface area contributed by atoms with Gasteiger partial charge in [0.2, 0.25) is 0 Å². The lowest BCUT2D eigenvalue weighted by atomic mass is 9.97. The molecule has 4 aromatic rings. The van der Waals surface area contributed by atoms with Gasteiger partial charge in [-0.1, -0.05) is 72.8 Å². The second-order valence-electron chi connectivity index (χ2n) is 4.67. The van der Waals surface area contributed by atoms with Crippen LogP contribution in [0, 0.1) is 0 Å². The zero-order valence-corrected chi connectivity index (χ0v) is 11.3. The molecule has 0 radical (unpaired) electrons. The predicted molar refractivity (Wildman–Crippen MR) is 89.0 cm³/mol. The molecule has 0 aliphatic rings. The van der Waals surface area contributed by atoms with E-state index in [1.807, 2.05) is 0 Å². The second kappa shape index (κ2) is 5.29. The van der Waals surface area contributed by atoms with Crippen LogP contribution in [0.15, 0.2) is 72.8 Å². The van der Waals surface area contributed by atoms with E-state index in [1.165, 1.54) is 32.3 Å². The smallest absolute Gasteiger partial charge is 0.00990 e. The number of fused-ring (bicyclic) bond motifs is 5. The minimum atomic E-state index is 0. The molecule has 4 aromatic carbocycles. The Morgan fingerprint density at radius 1 is 0.350 bits per heavy atom. The van der Waals surface area contributed by atoms with Gasteiger partial charge in [0.1, 0.15) is 0 Å². The van der Waals surface area contributed by atoms with Crippen molar-refractivity contribution in [2.75, 3.05) is 0 Å². The standard InChI is InChI=1S/C18H12.2H3N/c1-3-7-15-13(5-1)9-11-18-16-8-4-2-6-14(16)10-12-17(15)18;;/h1-12H;2*1H3. The maximum Gasteiger partial charge on any atom is -0.00990 e. The minimum absolute atomic E-state index is 0. The average Bonchev–Trinajstić information content (AvgIpc) is 2.46. The van der Waals surface area contributed by atoms with Gasteiger partial charge >= 0.3 is 0 Å². The number of hydrogen-bond acceptors (Lipinski definition) is 2. The van der Waals surface area contributed by atoms with Gasteiger partial charge in [-0.05, 0) is 32.3 Å². The lowest BCUT2D eigenvalue weighted by Crippen LogP contribution is -1.79. The number of rotatable bonds is 0. The Bertz CT molecular complexity index is 807. The van der Waals surface area contributed by atoms with E-state index < -0.39 is 0 Å². The van der Waals surface area contributed by atoms with Crippen molar-refractivity contribution in [3.05, 3.63) is 72.8 Å². The van der Waals surface area contributed by atoms with Crippen molar-refractivity contribution in [1.82, 2.24) is 12.3 Å². The topological polar surface area (TPSA) is 70.0 Å². The van der Waals surface area contributed by atoms with Crippen molar-refractivity contribution >= 4 is 32.3 Å². The van der Waals surface area contributed by atoms with Crippen molar-refractivity contribution in [3.63, 3.8) is 0 Å². The first kappa shape index (κ1) is 14.0. The van der Waals surface area contributed by atoms with Gasteiger partial charge in [-0.15, -0.1) is 0 Å². The predicted octanol–water partition coefficient (Wildman–Crippen LogP) is 5.47. The molecular weight excluding hydrogens is 244 g/mol. The fourth-order valence-corrected chi connectivity index (χ4v) is 2.77. The van der Waals surface area contributed by atoms with E-state index in [0.29, 0.717) is 0 Å². The minimum Gasteiger partial charge on any atom is -0.344 e. The maximum atomic E-state index is 2.24. The molecule has 0 heterocycles. The molecule has 100 valence electrons. The first-order valence-corrected chi connectivity index (χ1v) is 6.23. The quantitative estimate of drug-likeness (QED) is 0.412. The molecule has 0 fully saturated rings. The van der Waals surface area contributed by atoms with E-state index in [0.717, 1.165) is 0 Å². The van der Waals surface area contributed by atoms with Crippen LogP contribution in [0.3, 0.4) is 0 Å². The first-order valence-electron chi connectivity index (χ1n) is 6.23. The highest BCUT2D eigenvalue weighted by atomic mass is 14.1. The molecule has 4 rings (SSSR count). The Kier molecular flexibility index (Phi) is 3.70. The highest BCUT2D eigenvalue weighted by Gasteiger charge is 2.03. The molecule has 0 aliphatic heterocycles. The molecule has 0 aliphatic carbocycles. The van der Waals surface area contributed by atoms with Gasteiger partial charge in [0, 0.05) is 0 Å². The summed E-state index contributed by atoms with van der Waals surface area (Å²) in [6, 6.07) is 26.0. The van der Waals surface area contributed by atoms with Crippen molar-refractivity contribution < 1.29 is 0 Å². The van der Waals surface area contributed by atoms with Crippen LogP contribution in [0.5, 0.6) is 0 Å². The second-order valence-corrected chi connectivity index (χ2v) is 4.67. The summed E-state index contributed by atoms with van der Waals surface area (Å²) in [6.07, 6.45) is 0. The van der Waals surface area contributed by atoms with Crippen LogP contribution in [0.4, 0.5) is 0 Å². The summed E-state index contributed by atoms with van der Waals surface area (Å²) in [5, 5.41) is 7.96. The zero-order chi connectivity index (χ0) is 11.9. The zero-order valence-electron chi connectivity index (χ0n) is 11.3. The third-order valence-corrected chi connectivity index (χ3v) is 3.65. The molecule has 0 spiro atoms. The third-order valence-electron chi connectivity index (χ3n) is 3.65. The molecule has 0 unspecified atom stereocenters. The monoisotopic (exact) mass is 262 g/mol. The summed E-state index contributed by atoms with van der Waals surface area (Å²) >= 11 is 0. The molecule has 2 nitrogen and oxygen atoms in total. The molecule has 0 amide bonds. The van der Waals surface area contributed by atoms with Gasteiger partial charge in [-0.25, -0.2) is 0 Å². The molecule has 0 bridgehead atoms. The van der Waals surface area contributed by atoms with Gasteiger partial charge in [0.05, 0.1) is 0 Å². The van der Waals surface area contributed by atoms with Gasteiger partial charge in [0.25, 0.3) is 0 Å². The fraction of sp³-hybridized carbons (Fsp3) is 0. The van der Waals surface area contributed by atoms with E-state index in [2.05, 4.69) is 72.8 Å². The van der Waals surface area contributed by atoms with Crippen LogP contribution in [0.2, 0.25) is 0 Å². The van der Waals surface area contributed by atoms with Crippen LogP contribution in [0.25, 0.3) is 32.3 Å². The Labute approximate surface area is 118 Å². The van der Waals surface area contributed by atoms with Crippen LogP contribution in [-0.4, -0.2) is 0 Å². The summed E-state index contributed by atoms with van der Waals surface area (Å²) in [5.41, 5.74) is 0. The highest BCUT2D eigenvalue weighted by molar-refractivity contribution is 6.17. The van der Waals surface area contributed by atoms with Crippen LogP contribution < -0.4 is 12.3 Å². The molecule has 6 N–H and O–H groups in total. The van der Waals surface area contributed by atoms with Gasteiger partial charge in [-0.3, -0.25) is 0 Å². The van der Waals surface area contributed by atoms with E-state index in [9.17, 15) is 0 Å². The largest absolute Gasteiger partial charge is 0.344 e. The van der Waals surface area contributed by atoms with Crippen LogP contribution >= 0.6 is 0 Å². The average molecular weight is 262 g/mol. The summed E-state index contributed by atoms with van der Waals surface area (Å²) < 4.78 is 0. The van der Waals surface area contributed by atoms with Gasteiger partial charge in [0.15, 0.2) is 0 Å². The molecule has 0 atom stereocenters. The van der Waals surface area contributed by atoms with Gasteiger partial charge in [-0.2, -0.15) is 0 Å². The number of benzene rings is 4. The molecule has 20 heavy (non-hydrogen) atoms. The van der Waals surface area contributed by atoms with Gasteiger partial charge < -0.3 is 12.3 Å². The lowest BCUT2D eigenvalue weighted by molar-refractivity contribution is 1.77. The summed E-state index contributed by atoms with van der Waals surface area (Å²) in [6.45, 7) is 0. The van der Waals surface area contributed by atoms with Crippen molar-refractivity contribution in [1.29, 1.82) is 0 Å². The SMILES string of the molecule is N.N.c1ccc2c(c1)ccc1c3ccccc3ccc21. The third kappa shape index (κ3) is 1.92. The van der Waals surface area contributed by atoms with Crippen LogP contribution in [0.1, 0.15) is 0 Å². The molecule has 0 saturated heterocycles. The molecular formula is C18H18N2. The van der Waals surface area contributed by atoms with E-state index in [4.69, 9.17) is 0 Å². The first-order chi connectivity index (χ1) is 8.93. The van der Waals surface area contributed by atoms with Crippen molar-refractivity contribution in [2.45, 2.75) is 0 Å². The fourth-order valence-electron chi connectivity index (χ4n) is 2.77. The Hall–Kier alpha value is -2.42. The van der Waals surface area contributed by atoms with E-state index in [-0.39, 0.29) is 12.3 Å². The normalized spacial score (nSPS) is 10.2. The summed E-state index contributed by atoms with van der Waals surface area (Å²) in [5.74, 6) is 0. The van der Waals surface area contributed by atoms with Crippen molar-refractivity contribution in [2.24, 2.45) is 0 Å². The Morgan fingerprint density at radius 3 is 1.20 bits per heavy atom.